The maximum Gasteiger partial charge on any atom is 0.169 e. The monoisotopic (exact) mass is 376 g/mol. The lowest BCUT2D eigenvalue weighted by Crippen LogP contribution is -3.00. The number of ketones is 1. The van der Waals surface area contributed by atoms with Crippen LogP contribution in [0.1, 0.15) is 28.9 Å². The first-order valence-electron chi connectivity index (χ1n) is 7.82. The number of Topliss-reactive ketones (excluding diaryl/α,β-unsaturated/α-hetero) is 1. The molecule has 0 radical (unpaired) electrons. The maximum atomic E-state index is 12.9. The van der Waals surface area contributed by atoms with Crippen molar-refractivity contribution in [1.82, 2.24) is 4.98 Å². The fraction of sp³-hybridized carbons (Fsp3) is 0.211. The normalized spacial score (nSPS) is 10.3. The third-order valence-corrected chi connectivity index (χ3v) is 4.75. The molecular weight excluding hydrogens is 359 g/mol. The van der Waals surface area contributed by atoms with Gasteiger partial charge in [0, 0.05) is 47.2 Å². The molecule has 0 saturated carbocycles. The molecule has 3 rings (SSSR count). The van der Waals surface area contributed by atoms with E-state index in [1.165, 1.54) is 24.3 Å². The van der Waals surface area contributed by atoms with Gasteiger partial charge in [0.1, 0.15) is 17.4 Å². The number of aryl methyl sites for hydroxylation is 2. The summed E-state index contributed by atoms with van der Waals surface area (Å²) in [7, 11) is 0. The van der Waals surface area contributed by atoms with Gasteiger partial charge in [-0.1, -0.05) is 0 Å². The molecule has 0 fully saturated rings. The molecular formula is C19H18ClFN2OS. The van der Waals surface area contributed by atoms with Crippen molar-refractivity contribution in [3.63, 3.8) is 0 Å². The topological polar surface area (TPSA) is 33.8 Å². The van der Waals surface area contributed by atoms with Gasteiger partial charge in [-0.2, -0.15) is 0 Å². The summed E-state index contributed by atoms with van der Waals surface area (Å²) in [4.78, 5) is 16.5. The quantitative estimate of drug-likeness (QED) is 0.478. The molecule has 0 atom stereocenters. The van der Waals surface area contributed by atoms with Crippen LogP contribution in [0.25, 0.3) is 10.6 Å². The van der Waals surface area contributed by atoms with Crippen molar-refractivity contribution in [2.45, 2.75) is 26.3 Å². The van der Waals surface area contributed by atoms with E-state index in [0.29, 0.717) is 12.0 Å². The van der Waals surface area contributed by atoms with Crippen LogP contribution in [0.5, 0.6) is 0 Å². The summed E-state index contributed by atoms with van der Waals surface area (Å²) >= 11 is 1.64. The van der Waals surface area contributed by atoms with Crippen molar-refractivity contribution in [3.05, 3.63) is 71.2 Å². The molecule has 6 heteroatoms. The summed E-state index contributed by atoms with van der Waals surface area (Å²) in [5, 5.41) is 3.06. The van der Waals surface area contributed by atoms with Crippen LogP contribution < -0.4 is 17.0 Å². The molecule has 130 valence electrons. The summed E-state index contributed by atoms with van der Waals surface area (Å²) in [6, 6.07) is 9.80. The van der Waals surface area contributed by atoms with Gasteiger partial charge in [-0.15, -0.1) is 11.3 Å². The zero-order valence-electron chi connectivity index (χ0n) is 13.8. The summed E-state index contributed by atoms with van der Waals surface area (Å²) in [5.41, 5.74) is 2.70. The third-order valence-electron chi connectivity index (χ3n) is 3.74. The van der Waals surface area contributed by atoms with E-state index in [0.717, 1.165) is 29.2 Å². The zero-order valence-corrected chi connectivity index (χ0v) is 15.4. The number of rotatable bonds is 6. The van der Waals surface area contributed by atoms with Gasteiger partial charge < -0.3 is 12.4 Å². The van der Waals surface area contributed by atoms with Crippen LogP contribution in [0.3, 0.4) is 0 Å². The number of benzene rings is 1. The minimum atomic E-state index is -0.322. The second kappa shape index (κ2) is 8.83. The second-order valence-corrected chi connectivity index (χ2v) is 6.51. The lowest BCUT2D eigenvalue weighted by atomic mass is 10.1. The molecule has 3 nitrogen and oxygen atoms in total. The van der Waals surface area contributed by atoms with Crippen molar-refractivity contribution in [2.75, 3.05) is 0 Å². The predicted molar refractivity (Wildman–Crippen MR) is 92.4 cm³/mol. The first-order valence-corrected chi connectivity index (χ1v) is 8.70. The lowest BCUT2D eigenvalue weighted by Gasteiger charge is -2.01. The van der Waals surface area contributed by atoms with E-state index in [2.05, 4.69) is 9.55 Å². The Morgan fingerprint density at radius 3 is 2.44 bits per heavy atom. The number of nitrogens with zero attached hydrogens (tertiary/aromatic N) is 2. The number of halogens is 2. The number of hydrogen-bond donors (Lipinski definition) is 0. The Bertz CT molecular complexity index is 831. The molecule has 3 aromatic rings. The minimum Gasteiger partial charge on any atom is -1.00 e. The summed E-state index contributed by atoms with van der Waals surface area (Å²) in [6.45, 7) is 2.76. The first-order chi connectivity index (χ1) is 11.6. The van der Waals surface area contributed by atoms with Gasteiger partial charge in [0.25, 0.3) is 0 Å². The smallest absolute Gasteiger partial charge is 0.169 e. The zero-order chi connectivity index (χ0) is 16.9. The Morgan fingerprint density at radius 2 is 1.84 bits per heavy atom. The van der Waals surface area contributed by atoms with E-state index in [4.69, 9.17) is 0 Å². The lowest BCUT2D eigenvalue weighted by molar-refractivity contribution is -0.697. The van der Waals surface area contributed by atoms with E-state index in [1.54, 1.807) is 11.3 Å². The van der Waals surface area contributed by atoms with Gasteiger partial charge in [-0.3, -0.25) is 4.79 Å². The largest absolute Gasteiger partial charge is 1.00 e. The van der Waals surface area contributed by atoms with Crippen LogP contribution in [-0.2, 0) is 6.54 Å². The number of aromatic nitrogens is 2. The average molecular weight is 377 g/mol. The van der Waals surface area contributed by atoms with Gasteiger partial charge in [-0.05, 0) is 31.2 Å². The molecule has 0 N–H and O–H groups in total. The molecule has 0 unspecified atom stereocenters. The molecule has 25 heavy (non-hydrogen) atoms. The van der Waals surface area contributed by atoms with E-state index >= 15 is 0 Å². The van der Waals surface area contributed by atoms with Crippen LogP contribution in [-0.4, -0.2) is 10.8 Å². The van der Waals surface area contributed by atoms with Crippen molar-refractivity contribution in [3.8, 4) is 10.6 Å². The van der Waals surface area contributed by atoms with Gasteiger partial charge >= 0.3 is 0 Å². The predicted octanol–water partition coefficient (Wildman–Crippen LogP) is 1.21. The Balaban J connectivity index is 0.00000225. The molecule has 2 heterocycles. The molecule has 0 saturated heterocycles. The number of carbonyl (C=O) groups excluding carboxylic acids is 1. The van der Waals surface area contributed by atoms with Crippen molar-refractivity contribution >= 4 is 17.1 Å². The standard InChI is InChI=1S/C19H18FN2OS.ClH/c1-14-13-24-19(21-14)16-8-11-22(12-9-16)10-2-3-18(23)15-4-6-17(20)7-5-15;/h4-9,11-13H,2-3,10H2,1H3;1H/q+1;/p-1. The highest BCUT2D eigenvalue weighted by Crippen LogP contribution is 2.22. The maximum absolute atomic E-state index is 12.9. The van der Waals surface area contributed by atoms with E-state index < -0.39 is 0 Å². The van der Waals surface area contributed by atoms with Gasteiger partial charge in [-0.25, -0.2) is 13.9 Å². The van der Waals surface area contributed by atoms with Crippen molar-refractivity contribution in [1.29, 1.82) is 0 Å². The Kier molecular flexibility index (Phi) is 6.79. The Morgan fingerprint density at radius 1 is 1.16 bits per heavy atom. The number of pyridine rings is 1. The second-order valence-electron chi connectivity index (χ2n) is 5.65. The van der Waals surface area contributed by atoms with Crippen LogP contribution in [0, 0.1) is 12.7 Å². The fourth-order valence-corrected chi connectivity index (χ4v) is 3.24. The molecule has 0 aliphatic heterocycles. The van der Waals surface area contributed by atoms with Crippen LogP contribution in [0.2, 0.25) is 0 Å². The molecule has 0 amide bonds. The molecule has 1 aromatic carbocycles. The van der Waals surface area contributed by atoms with Gasteiger partial charge in [0.15, 0.2) is 18.2 Å². The highest BCUT2D eigenvalue weighted by atomic mass is 35.5. The van der Waals surface area contributed by atoms with Gasteiger partial charge in [0.05, 0.1) is 0 Å². The summed E-state index contributed by atoms with van der Waals surface area (Å²) in [6.07, 6.45) is 5.21. The highest BCUT2D eigenvalue weighted by molar-refractivity contribution is 7.13. The fourth-order valence-electron chi connectivity index (χ4n) is 2.44. The van der Waals surface area contributed by atoms with Gasteiger partial charge in [0.2, 0.25) is 0 Å². The Hall–Kier alpha value is -2.11. The number of hydrogen-bond acceptors (Lipinski definition) is 3. The summed E-state index contributed by atoms with van der Waals surface area (Å²) in [5.74, 6) is -0.275. The van der Waals surface area contributed by atoms with Crippen LogP contribution >= 0.6 is 11.3 Å². The highest BCUT2D eigenvalue weighted by Gasteiger charge is 2.09. The number of thiazole rings is 1. The summed E-state index contributed by atoms with van der Waals surface area (Å²) < 4.78 is 14.9. The van der Waals surface area contributed by atoms with E-state index in [-0.39, 0.29) is 24.0 Å². The minimum absolute atomic E-state index is 0. The van der Waals surface area contributed by atoms with Crippen LogP contribution in [0.4, 0.5) is 4.39 Å². The first kappa shape index (κ1) is 19.2. The van der Waals surface area contributed by atoms with Crippen molar-refractivity contribution < 1.29 is 26.2 Å². The molecule has 2 aromatic heterocycles. The SMILES string of the molecule is Cc1csc(-c2cc[n+](CCCC(=O)c3ccc(F)cc3)cc2)n1.[Cl-]. The molecule has 0 aliphatic carbocycles. The van der Waals surface area contributed by atoms with Crippen molar-refractivity contribution in [2.24, 2.45) is 0 Å². The Labute approximate surface area is 156 Å². The van der Waals surface area contributed by atoms with E-state index in [1.807, 2.05) is 36.8 Å². The molecule has 0 bridgehead atoms. The third kappa shape index (κ3) is 5.18. The average Bonchev–Trinajstić information content (AvgIpc) is 3.02. The number of carbonyl (C=O) groups is 1. The molecule has 0 aliphatic rings. The molecule has 0 spiro atoms. The van der Waals surface area contributed by atoms with Crippen LogP contribution in [0.15, 0.2) is 54.2 Å². The van der Waals surface area contributed by atoms with E-state index in [9.17, 15) is 9.18 Å².